The van der Waals surface area contributed by atoms with Gasteiger partial charge in [-0.25, -0.2) is 0 Å². The predicted octanol–water partition coefficient (Wildman–Crippen LogP) is 1.96. The molecule has 1 amide bonds. The van der Waals surface area contributed by atoms with Crippen LogP contribution in [0.1, 0.15) is 38.5 Å². The molecule has 0 radical (unpaired) electrons. The van der Waals surface area contributed by atoms with Crippen molar-refractivity contribution in [2.75, 3.05) is 18.9 Å². The highest BCUT2D eigenvalue weighted by Crippen LogP contribution is 2.25. The Morgan fingerprint density at radius 3 is 3.00 bits per heavy atom. The van der Waals surface area contributed by atoms with E-state index in [1.165, 1.54) is 18.6 Å². The van der Waals surface area contributed by atoms with E-state index in [1.807, 2.05) is 11.8 Å². The molecule has 2 rings (SSSR count). The summed E-state index contributed by atoms with van der Waals surface area (Å²) in [6.45, 7) is 1.74. The molecule has 0 aromatic heterocycles. The van der Waals surface area contributed by atoms with Gasteiger partial charge in [-0.05, 0) is 37.9 Å². The third-order valence-corrected chi connectivity index (χ3v) is 4.67. The van der Waals surface area contributed by atoms with Crippen molar-refractivity contribution in [1.29, 1.82) is 0 Å². The van der Waals surface area contributed by atoms with Crippen molar-refractivity contribution in [3.63, 3.8) is 0 Å². The molecule has 0 aromatic rings. The standard InChI is InChI=1S/C12H21NO2S/c14-12(6-5-10-3-1-7-15-10)13-9-11-4-2-8-16-11/h10-11H,1-9H2,(H,13,14)/t10-,11+/m0/s1. The third kappa shape index (κ3) is 3.98. The van der Waals surface area contributed by atoms with Crippen molar-refractivity contribution in [1.82, 2.24) is 5.32 Å². The molecule has 0 unspecified atom stereocenters. The molecule has 2 saturated heterocycles. The minimum absolute atomic E-state index is 0.197. The van der Waals surface area contributed by atoms with Crippen LogP contribution in [0.15, 0.2) is 0 Å². The molecule has 2 aliphatic heterocycles. The molecule has 2 heterocycles. The molecule has 3 nitrogen and oxygen atoms in total. The fourth-order valence-electron chi connectivity index (χ4n) is 2.29. The second-order valence-corrected chi connectivity index (χ2v) is 6.02. The molecule has 0 spiro atoms. The fraction of sp³-hybridized carbons (Fsp3) is 0.917. The average molecular weight is 243 g/mol. The predicted molar refractivity (Wildman–Crippen MR) is 66.7 cm³/mol. The maximum atomic E-state index is 11.6. The van der Waals surface area contributed by atoms with Gasteiger partial charge < -0.3 is 10.1 Å². The van der Waals surface area contributed by atoms with Crippen molar-refractivity contribution in [2.45, 2.75) is 49.9 Å². The summed E-state index contributed by atoms with van der Waals surface area (Å²) < 4.78 is 5.50. The van der Waals surface area contributed by atoms with Crippen molar-refractivity contribution in [3.8, 4) is 0 Å². The van der Waals surface area contributed by atoms with Crippen LogP contribution < -0.4 is 5.32 Å². The van der Waals surface area contributed by atoms with Crippen LogP contribution in [0.4, 0.5) is 0 Å². The number of rotatable bonds is 5. The van der Waals surface area contributed by atoms with Gasteiger partial charge in [0.15, 0.2) is 0 Å². The van der Waals surface area contributed by atoms with Crippen LogP contribution in [0.5, 0.6) is 0 Å². The zero-order chi connectivity index (χ0) is 11.2. The van der Waals surface area contributed by atoms with Gasteiger partial charge in [-0.15, -0.1) is 0 Å². The number of hydrogen-bond donors (Lipinski definition) is 1. The number of hydrogen-bond acceptors (Lipinski definition) is 3. The van der Waals surface area contributed by atoms with E-state index in [2.05, 4.69) is 5.32 Å². The Morgan fingerprint density at radius 2 is 2.31 bits per heavy atom. The van der Waals surface area contributed by atoms with E-state index in [0.717, 1.165) is 32.4 Å². The number of nitrogens with one attached hydrogen (secondary N) is 1. The molecule has 92 valence electrons. The topological polar surface area (TPSA) is 38.3 Å². The SMILES string of the molecule is O=C(CC[C@@H]1CCCO1)NC[C@H]1CCCS1. The van der Waals surface area contributed by atoms with Gasteiger partial charge in [-0.3, -0.25) is 4.79 Å². The van der Waals surface area contributed by atoms with Crippen LogP contribution in [0, 0.1) is 0 Å². The lowest BCUT2D eigenvalue weighted by atomic mass is 10.1. The van der Waals surface area contributed by atoms with Gasteiger partial charge in [-0.2, -0.15) is 11.8 Å². The summed E-state index contributed by atoms with van der Waals surface area (Å²) in [5.41, 5.74) is 0. The van der Waals surface area contributed by atoms with Crippen molar-refractivity contribution < 1.29 is 9.53 Å². The first-order chi connectivity index (χ1) is 7.84. The first-order valence-corrected chi connectivity index (χ1v) is 7.39. The van der Waals surface area contributed by atoms with E-state index < -0.39 is 0 Å². The van der Waals surface area contributed by atoms with Gasteiger partial charge in [0, 0.05) is 24.8 Å². The highest BCUT2D eigenvalue weighted by atomic mass is 32.2. The molecule has 0 bridgehead atoms. The Balaban J connectivity index is 1.53. The smallest absolute Gasteiger partial charge is 0.220 e. The maximum Gasteiger partial charge on any atom is 0.220 e. The summed E-state index contributed by atoms with van der Waals surface area (Å²) in [6.07, 6.45) is 6.71. The van der Waals surface area contributed by atoms with E-state index in [9.17, 15) is 4.79 Å². The summed E-state index contributed by atoms with van der Waals surface area (Å²) in [4.78, 5) is 11.6. The first-order valence-electron chi connectivity index (χ1n) is 6.34. The zero-order valence-corrected chi connectivity index (χ0v) is 10.6. The Labute approximate surface area is 102 Å². The quantitative estimate of drug-likeness (QED) is 0.802. The van der Waals surface area contributed by atoms with Gasteiger partial charge >= 0.3 is 0 Å². The second-order valence-electron chi connectivity index (χ2n) is 4.61. The molecule has 0 aliphatic carbocycles. The zero-order valence-electron chi connectivity index (χ0n) is 9.74. The highest BCUT2D eigenvalue weighted by molar-refractivity contribution is 8.00. The Hall–Kier alpha value is -0.220. The van der Waals surface area contributed by atoms with E-state index in [1.54, 1.807) is 0 Å². The van der Waals surface area contributed by atoms with E-state index in [4.69, 9.17) is 4.74 Å². The Bertz CT molecular complexity index is 201. The van der Waals surface area contributed by atoms with Crippen molar-refractivity contribution >= 4 is 17.7 Å². The Morgan fingerprint density at radius 1 is 1.38 bits per heavy atom. The average Bonchev–Trinajstić information content (AvgIpc) is 2.96. The van der Waals surface area contributed by atoms with Gasteiger partial charge in [0.05, 0.1) is 6.10 Å². The monoisotopic (exact) mass is 243 g/mol. The molecular formula is C12H21NO2S. The molecule has 2 atom stereocenters. The largest absolute Gasteiger partial charge is 0.378 e. The number of thioether (sulfide) groups is 1. The molecule has 1 N–H and O–H groups in total. The summed E-state index contributed by atoms with van der Waals surface area (Å²) in [7, 11) is 0. The molecule has 0 aromatic carbocycles. The van der Waals surface area contributed by atoms with Crippen molar-refractivity contribution in [2.24, 2.45) is 0 Å². The van der Waals surface area contributed by atoms with E-state index >= 15 is 0 Å². The summed E-state index contributed by atoms with van der Waals surface area (Å²) >= 11 is 1.99. The number of carbonyl (C=O) groups is 1. The second kappa shape index (κ2) is 6.50. The van der Waals surface area contributed by atoms with Gasteiger partial charge in [-0.1, -0.05) is 0 Å². The van der Waals surface area contributed by atoms with Crippen LogP contribution in [0.3, 0.4) is 0 Å². The van der Waals surface area contributed by atoms with Crippen LogP contribution >= 0.6 is 11.8 Å². The maximum absolute atomic E-state index is 11.6. The minimum Gasteiger partial charge on any atom is -0.378 e. The number of carbonyl (C=O) groups excluding carboxylic acids is 1. The summed E-state index contributed by atoms with van der Waals surface area (Å²) in [5, 5.41) is 3.69. The summed E-state index contributed by atoms with van der Waals surface area (Å²) in [6, 6.07) is 0. The van der Waals surface area contributed by atoms with Gasteiger partial charge in [0.2, 0.25) is 5.91 Å². The van der Waals surface area contributed by atoms with Crippen molar-refractivity contribution in [3.05, 3.63) is 0 Å². The van der Waals surface area contributed by atoms with Crippen LogP contribution in [0.2, 0.25) is 0 Å². The van der Waals surface area contributed by atoms with Crippen LogP contribution in [-0.2, 0) is 9.53 Å². The van der Waals surface area contributed by atoms with Gasteiger partial charge in [0.25, 0.3) is 0 Å². The molecule has 0 saturated carbocycles. The normalized spacial score (nSPS) is 29.5. The fourth-order valence-corrected chi connectivity index (χ4v) is 3.49. The molecule has 2 fully saturated rings. The lowest BCUT2D eigenvalue weighted by Crippen LogP contribution is -2.30. The number of amides is 1. The molecule has 4 heteroatoms. The minimum atomic E-state index is 0.197. The van der Waals surface area contributed by atoms with Crippen LogP contribution in [0.25, 0.3) is 0 Å². The lowest BCUT2D eigenvalue weighted by molar-refractivity contribution is -0.121. The Kier molecular flexibility index (Phi) is 4.97. The van der Waals surface area contributed by atoms with Gasteiger partial charge in [0.1, 0.15) is 0 Å². The summed E-state index contributed by atoms with van der Waals surface area (Å²) in [5.74, 6) is 1.46. The third-order valence-electron chi connectivity index (χ3n) is 3.27. The number of ether oxygens (including phenoxy) is 1. The first kappa shape index (κ1) is 12.2. The van der Waals surface area contributed by atoms with E-state index in [0.29, 0.717) is 17.8 Å². The molecule has 2 aliphatic rings. The van der Waals surface area contributed by atoms with Crippen LogP contribution in [-0.4, -0.2) is 36.2 Å². The molecule has 16 heavy (non-hydrogen) atoms. The highest BCUT2D eigenvalue weighted by Gasteiger charge is 2.18. The lowest BCUT2D eigenvalue weighted by Gasteiger charge is -2.11. The van der Waals surface area contributed by atoms with E-state index in [-0.39, 0.29) is 5.91 Å². The molecular weight excluding hydrogens is 222 g/mol.